The fourth-order valence-electron chi connectivity index (χ4n) is 2.01. The number of benzene rings is 1. The first kappa shape index (κ1) is 12.8. The Hall–Kier alpha value is -2.64. The predicted octanol–water partition coefficient (Wildman–Crippen LogP) is 0.0152. The number of primary amides is 1. The molecule has 8 nitrogen and oxygen atoms in total. The standard InChI is InChI=1S/C11H12N4O4/c12-8-2-1-7(4-9(8)15(18)19)14-5-6(11(13)17)3-10(14)16/h1-2,4,6H,3,5,12H2,(H2,13,17). The number of nitrogens with two attached hydrogens (primary N) is 2. The number of anilines is 2. The molecule has 0 aliphatic carbocycles. The molecule has 2 rings (SSSR count). The van der Waals surface area contributed by atoms with Crippen LogP contribution in [0.3, 0.4) is 0 Å². The van der Waals surface area contributed by atoms with E-state index in [9.17, 15) is 19.7 Å². The van der Waals surface area contributed by atoms with Crippen molar-refractivity contribution in [3.63, 3.8) is 0 Å². The van der Waals surface area contributed by atoms with Gasteiger partial charge in [-0.25, -0.2) is 0 Å². The molecule has 2 amide bonds. The van der Waals surface area contributed by atoms with Gasteiger partial charge in [0.2, 0.25) is 11.8 Å². The van der Waals surface area contributed by atoms with Gasteiger partial charge in [0, 0.05) is 19.0 Å². The second-order valence-corrected chi connectivity index (χ2v) is 4.31. The Kier molecular flexibility index (Phi) is 3.07. The van der Waals surface area contributed by atoms with Crippen molar-refractivity contribution in [3.8, 4) is 0 Å². The zero-order valence-corrected chi connectivity index (χ0v) is 9.91. The monoisotopic (exact) mass is 264 g/mol. The minimum absolute atomic E-state index is 0.0202. The van der Waals surface area contributed by atoms with Gasteiger partial charge in [-0.05, 0) is 12.1 Å². The second-order valence-electron chi connectivity index (χ2n) is 4.31. The van der Waals surface area contributed by atoms with E-state index in [0.717, 1.165) is 0 Å². The lowest BCUT2D eigenvalue weighted by Crippen LogP contribution is -2.28. The van der Waals surface area contributed by atoms with Crippen molar-refractivity contribution >= 4 is 28.9 Å². The summed E-state index contributed by atoms with van der Waals surface area (Å²) in [6.07, 6.45) is 0.0213. The van der Waals surface area contributed by atoms with Crippen LogP contribution in [-0.4, -0.2) is 23.3 Å². The largest absolute Gasteiger partial charge is 0.393 e. The van der Waals surface area contributed by atoms with E-state index in [2.05, 4.69) is 0 Å². The van der Waals surface area contributed by atoms with Crippen LogP contribution in [0.1, 0.15) is 6.42 Å². The minimum atomic E-state index is -0.620. The SMILES string of the molecule is NC(=O)C1CC(=O)N(c2ccc(N)c([N+](=O)[O-])c2)C1. The van der Waals surface area contributed by atoms with Gasteiger partial charge in [0.15, 0.2) is 0 Å². The van der Waals surface area contributed by atoms with Crippen LogP contribution >= 0.6 is 0 Å². The molecule has 100 valence electrons. The summed E-state index contributed by atoms with van der Waals surface area (Å²) in [5, 5.41) is 10.8. The molecule has 1 fully saturated rings. The number of carbonyl (C=O) groups excluding carboxylic acids is 2. The lowest BCUT2D eigenvalue weighted by molar-refractivity contribution is -0.383. The molecule has 1 saturated heterocycles. The van der Waals surface area contributed by atoms with Gasteiger partial charge in [-0.1, -0.05) is 0 Å². The summed E-state index contributed by atoms with van der Waals surface area (Å²) in [7, 11) is 0. The number of hydrogen-bond acceptors (Lipinski definition) is 5. The van der Waals surface area contributed by atoms with E-state index < -0.39 is 16.7 Å². The zero-order valence-electron chi connectivity index (χ0n) is 9.91. The van der Waals surface area contributed by atoms with Crippen LogP contribution in [0.15, 0.2) is 18.2 Å². The molecule has 1 atom stereocenters. The molecule has 1 aromatic carbocycles. The molecule has 1 aliphatic heterocycles. The third-order valence-corrected chi connectivity index (χ3v) is 3.05. The van der Waals surface area contributed by atoms with Crippen molar-refractivity contribution < 1.29 is 14.5 Å². The van der Waals surface area contributed by atoms with Gasteiger partial charge in [0.25, 0.3) is 5.69 Å². The van der Waals surface area contributed by atoms with E-state index in [0.29, 0.717) is 5.69 Å². The Bertz CT molecular complexity index is 572. The van der Waals surface area contributed by atoms with E-state index >= 15 is 0 Å². The first-order valence-corrected chi connectivity index (χ1v) is 5.53. The Balaban J connectivity index is 2.33. The number of hydrogen-bond donors (Lipinski definition) is 2. The van der Waals surface area contributed by atoms with Gasteiger partial charge in [-0.15, -0.1) is 0 Å². The molecule has 0 radical (unpaired) electrons. The molecule has 1 aromatic rings. The number of nitrogen functional groups attached to an aromatic ring is 1. The van der Waals surface area contributed by atoms with Gasteiger partial charge in [-0.3, -0.25) is 19.7 Å². The van der Waals surface area contributed by atoms with Crippen molar-refractivity contribution in [2.75, 3.05) is 17.2 Å². The molecule has 1 unspecified atom stereocenters. The number of rotatable bonds is 3. The molecule has 8 heteroatoms. The number of nitro groups is 1. The van der Waals surface area contributed by atoms with Crippen LogP contribution in [0, 0.1) is 16.0 Å². The zero-order chi connectivity index (χ0) is 14.2. The average molecular weight is 264 g/mol. The second kappa shape index (κ2) is 4.56. The van der Waals surface area contributed by atoms with Gasteiger partial charge < -0.3 is 16.4 Å². The van der Waals surface area contributed by atoms with E-state index in [1.54, 1.807) is 0 Å². The molecule has 0 aromatic heterocycles. The third kappa shape index (κ3) is 2.32. The van der Waals surface area contributed by atoms with Gasteiger partial charge in [-0.2, -0.15) is 0 Å². The summed E-state index contributed by atoms with van der Waals surface area (Å²) in [5.74, 6) is -1.41. The lowest BCUT2D eigenvalue weighted by Gasteiger charge is -2.16. The molecule has 19 heavy (non-hydrogen) atoms. The maximum Gasteiger partial charge on any atom is 0.294 e. The van der Waals surface area contributed by atoms with Crippen LogP contribution in [0.5, 0.6) is 0 Å². The van der Waals surface area contributed by atoms with E-state index in [1.165, 1.54) is 23.1 Å². The highest BCUT2D eigenvalue weighted by atomic mass is 16.6. The first-order chi connectivity index (χ1) is 8.90. The highest BCUT2D eigenvalue weighted by Crippen LogP contribution is 2.31. The topological polar surface area (TPSA) is 133 Å². The number of nitro benzene ring substituents is 1. The molecular weight excluding hydrogens is 252 g/mol. The van der Waals surface area contributed by atoms with Crippen LogP contribution in [0.25, 0.3) is 0 Å². The molecule has 0 spiro atoms. The van der Waals surface area contributed by atoms with Crippen molar-refractivity contribution in [1.82, 2.24) is 0 Å². The van der Waals surface area contributed by atoms with Gasteiger partial charge in [0.1, 0.15) is 5.69 Å². The van der Waals surface area contributed by atoms with Gasteiger partial charge >= 0.3 is 0 Å². The van der Waals surface area contributed by atoms with Crippen LogP contribution in [0.2, 0.25) is 0 Å². The first-order valence-electron chi connectivity index (χ1n) is 5.53. The number of carbonyl (C=O) groups is 2. The molecule has 1 heterocycles. The summed E-state index contributed by atoms with van der Waals surface area (Å²) in [5.41, 5.74) is 10.7. The Morgan fingerprint density at radius 3 is 2.68 bits per heavy atom. The molecule has 1 aliphatic rings. The quantitative estimate of drug-likeness (QED) is 0.451. The molecular formula is C11H12N4O4. The van der Waals surface area contributed by atoms with E-state index in [4.69, 9.17) is 11.5 Å². The van der Waals surface area contributed by atoms with Crippen LogP contribution in [-0.2, 0) is 9.59 Å². The van der Waals surface area contributed by atoms with Crippen molar-refractivity contribution in [1.29, 1.82) is 0 Å². The Labute approximate surface area is 108 Å². The lowest BCUT2D eigenvalue weighted by atomic mass is 10.1. The smallest absolute Gasteiger partial charge is 0.294 e. The van der Waals surface area contributed by atoms with Crippen molar-refractivity contribution in [3.05, 3.63) is 28.3 Å². The summed E-state index contributed by atoms with van der Waals surface area (Å²) in [6.45, 7) is 0.134. The maximum absolute atomic E-state index is 11.8. The molecule has 0 saturated carbocycles. The fraction of sp³-hybridized carbons (Fsp3) is 0.273. The predicted molar refractivity (Wildman–Crippen MR) is 67.2 cm³/mol. The maximum atomic E-state index is 11.8. The normalized spacial score (nSPS) is 18.6. The van der Waals surface area contributed by atoms with Crippen LogP contribution < -0.4 is 16.4 Å². The van der Waals surface area contributed by atoms with Gasteiger partial charge in [0.05, 0.1) is 16.5 Å². The molecule has 0 bridgehead atoms. The highest BCUT2D eigenvalue weighted by Gasteiger charge is 2.34. The van der Waals surface area contributed by atoms with Crippen molar-refractivity contribution in [2.24, 2.45) is 11.7 Å². The fourth-order valence-corrected chi connectivity index (χ4v) is 2.01. The number of amides is 2. The van der Waals surface area contributed by atoms with Crippen molar-refractivity contribution in [2.45, 2.75) is 6.42 Å². The summed E-state index contributed by atoms with van der Waals surface area (Å²) < 4.78 is 0. The summed E-state index contributed by atoms with van der Waals surface area (Å²) in [4.78, 5) is 34.3. The minimum Gasteiger partial charge on any atom is -0.393 e. The summed E-state index contributed by atoms with van der Waals surface area (Å²) in [6, 6.07) is 4.08. The van der Waals surface area contributed by atoms with E-state index in [1.807, 2.05) is 0 Å². The average Bonchev–Trinajstić information content (AvgIpc) is 2.72. The van der Waals surface area contributed by atoms with E-state index in [-0.39, 0.29) is 30.2 Å². The number of nitrogens with zero attached hydrogens (tertiary/aromatic N) is 2. The summed E-state index contributed by atoms with van der Waals surface area (Å²) >= 11 is 0. The highest BCUT2D eigenvalue weighted by molar-refractivity contribution is 6.00. The third-order valence-electron chi connectivity index (χ3n) is 3.05. The molecule has 4 N–H and O–H groups in total. The van der Waals surface area contributed by atoms with Crippen LogP contribution in [0.4, 0.5) is 17.1 Å². The Morgan fingerprint density at radius 1 is 1.47 bits per heavy atom. The Morgan fingerprint density at radius 2 is 2.16 bits per heavy atom.